The molecule has 1 unspecified atom stereocenters. The van der Waals surface area contributed by atoms with E-state index < -0.39 is 15.1 Å². The summed E-state index contributed by atoms with van der Waals surface area (Å²) >= 11 is 4.56. The molecule has 0 bridgehead atoms. The first kappa shape index (κ1) is 11.9. The monoisotopic (exact) mass is 296 g/mol. The molecule has 0 spiro atoms. The van der Waals surface area contributed by atoms with Crippen molar-refractivity contribution in [1.82, 2.24) is 0 Å². The summed E-state index contributed by atoms with van der Waals surface area (Å²) in [6.07, 6.45) is 1.07. The van der Waals surface area contributed by atoms with Gasteiger partial charge in [0.1, 0.15) is 5.25 Å². The Morgan fingerprint density at radius 2 is 2.07 bits per heavy atom. The predicted octanol–water partition coefficient (Wildman–Crippen LogP) is 2.13. The number of hydrogen-bond acceptors (Lipinski definition) is 4. The first-order valence-electron chi connectivity index (χ1n) is 3.79. The Morgan fingerprint density at radius 3 is 2.43 bits per heavy atom. The van der Waals surface area contributed by atoms with E-state index in [4.69, 9.17) is 0 Å². The minimum Gasteiger partial charge on any atom is -0.293 e. The van der Waals surface area contributed by atoms with Gasteiger partial charge in [-0.25, -0.2) is 8.42 Å². The molecule has 0 amide bonds. The molecule has 0 aliphatic carbocycles. The predicted molar refractivity (Wildman–Crippen MR) is 60.7 cm³/mol. The quantitative estimate of drug-likeness (QED) is 0.803. The fourth-order valence-electron chi connectivity index (χ4n) is 0.871. The van der Waals surface area contributed by atoms with Crippen molar-refractivity contribution < 1.29 is 13.2 Å². The molecule has 0 aliphatic heterocycles. The van der Waals surface area contributed by atoms with Crippen molar-refractivity contribution >= 4 is 42.9 Å². The van der Waals surface area contributed by atoms with Crippen molar-refractivity contribution in [3.63, 3.8) is 0 Å². The van der Waals surface area contributed by atoms with Gasteiger partial charge in [0.25, 0.3) is 0 Å². The molecule has 1 rings (SSSR count). The van der Waals surface area contributed by atoms with E-state index in [-0.39, 0.29) is 5.78 Å². The zero-order valence-corrected chi connectivity index (χ0v) is 10.9. The van der Waals surface area contributed by atoms with Gasteiger partial charge in [-0.3, -0.25) is 4.79 Å². The Morgan fingerprint density at radius 1 is 1.50 bits per heavy atom. The number of carbonyl (C=O) groups excluding carboxylic acids is 1. The maximum Gasteiger partial charge on any atom is 0.182 e. The minimum atomic E-state index is -3.31. The average molecular weight is 297 g/mol. The second-order valence-electron chi connectivity index (χ2n) is 2.97. The van der Waals surface area contributed by atoms with E-state index in [1.54, 1.807) is 10.8 Å². The second kappa shape index (κ2) is 4.12. The topological polar surface area (TPSA) is 51.2 Å². The highest BCUT2D eigenvalue weighted by Gasteiger charge is 2.26. The van der Waals surface area contributed by atoms with Crippen LogP contribution < -0.4 is 0 Å². The lowest BCUT2D eigenvalue weighted by Gasteiger charge is -2.06. The molecule has 14 heavy (non-hydrogen) atoms. The number of Topliss-reactive ketones (excluding diaryl/α,β-unsaturated/α-hetero) is 1. The van der Waals surface area contributed by atoms with Crippen molar-refractivity contribution in [3.05, 3.63) is 20.8 Å². The average Bonchev–Trinajstić information content (AvgIpc) is 2.47. The van der Waals surface area contributed by atoms with Crippen molar-refractivity contribution in [1.29, 1.82) is 0 Å². The summed E-state index contributed by atoms with van der Waals surface area (Å²) in [6, 6.07) is 0. The van der Waals surface area contributed by atoms with E-state index in [2.05, 4.69) is 15.9 Å². The third-order valence-electron chi connectivity index (χ3n) is 1.89. The molecular weight excluding hydrogens is 288 g/mol. The van der Waals surface area contributed by atoms with Crippen LogP contribution in [0.15, 0.2) is 15.2 Å². The molecule has 6 heteroatoms. The molecule has 0 N–H and O–H groups in total. The second-order valence-corrected chi connectivity index (χ2v) is 6.93. The molecule has 0 fully saturated rings. The summed E-state index contributed by atoms with van der Waals surface area (Å²) in [5, 5.41) is 2.42. The van der Waals surface area contributed by atoms with Gasteiger partial charge in [-0.05, 0) is 22.9 Å². The van der Waals surface area contributed by atoms with Gasteiger partial charge >= 0.3 is 0 Å². The smallest absolute Gasteiger partial charge is 0.182 e. The van der Waals surface area contributed by atoms with Crippen molar-refractivity contribution in [2.24, 2.45) is 0 Å². The number of thiophene rings is 1. The van der Waals surface area contributed by atoms with Crippen LogP contribution in [0.1, 0.15) is 17.3 Å². The number of carbonyl (C=O) groups is 1. The number of halogens is 1. The van der Waals surface area contributed by atoms with E-state index in [9.17, 15) is 13.2 Å². The first-order chi connectivity index (χ1) is 6.34. The van der Waals surface area contributed by atoms with Crippen LogP contribution in [0.4, 0.5) is 0 Å². The van der Waals surface area contributed by atoms with Gasteiger partial charge in [0.05, 0.1) is 0 Å². The van der Waals surface area contributed by atoms with Gasteiger partial charge in [-0.2, -0.15) is 11.3 Å². The highest BCUT2D eigenvalue weighted by Crippen LogP contribution is 2.23. The number of hydrogen-bond donors (Lipinski definition) is 0. The summed E-state index contributed by atoms with van der Waals surface area (Å²) < 4.78 is 22.9. The third kappa shape index (κ3) is 2.43. The zero-order chi connectivity index (χ0) is 10.9. The fourth-order valence-corrected chi connectivity index (χ4v) is 2.87. The van der Waals surface area contributed by atoms with E-state index in [0.717, 1.165) is 6.26 Å². The Bertz CT molecular complexity index is 447. The molecule has 78 valence electrons. The highest BCUT2D eigenvalue weighted by atomic mass is 79.9. The van der Waals surface area contributed by atoms with Gasteiger partial charge in [0.15, 0.2) is 15.6 Å². The van der Waals surface area contributed by atoms with Crippen LogP contribution in [0.25, 0.3) is 0 Å². The Balaban J connectivity index is 3.04. The van der Waals surface area contributed by atoms with Crippen molar-refractivity contribution in [2.45, 2.75) is 12.2 Å². The molecule has 1 aromatic heterocycles. The lowest BCUT2D eigenvalue weighted by molar-refractivity contribution is 0.0991. The van der Waals surface area contributed by atoms with Crippen molar-refractivity contribution in [3.8, 4) is 0 Å². The standard InChI is InChI=1S/C8H9BrO3S2/c1-5(14(2,11)12)8(10)6-3-13-4-7(6)9/h3-5H,1-2H3. The van der Waals surface area contributed by atoms with Gasteiger partial charge < -0.3 is 0 Å². The van der Waals surface area contributed by atoms with E-state index in [1.807, 2.05) is 0 Å². The molecule has 1 heterocycles. The number of rotatable bonds is 3. The molecule has 1 aromatic rings. The molecule has 0 saturated heterocycles. The Labute approximate surface area is 95.2 Å². The first-order valence-corrected chi connectivity index (χ1v) is 7.48. The molecule has 3 nitrogen and oxygen atoms in total. The molecule has 1 atom stereocenters. The van der Waals surface area contributed by atoms with Crippen LogP contribution in [0, 0.1) is 0 Å². The lowest BCUT2D eigenvalue weighted by Crippen LogP contribution is -2.26. The molecule has 0 aliphatic rings. The van der Waals surface area contributed by atoms with Gasteiger partial charge in [-0.15, -0.1) is 0 Å². The van der Waals surface area contributed by atoms with Crippen LogP contribution in [0.3, 0.4) is 0 Å². The maximum atomic E-state index is 11.7. The zero-order valence-electron chi connectivity index (χ0n) is 7.65. The Kier molecular flexibility index (Phi) is 3.49. The molecule has 0 aromatic carbocycles. The lowest BCUT2D eigenvalue weighted by atomic mass is 10.2. The van der Waals surface area contributed by atoms with Crippen LogP contribution >= 0.6 is 27.3 Å². The van der Waals surface area contributed by atoms with Gasteiger partial charge in [-0.1, -0.05) is 0 Å². The van der Waals surface area contributed by atoms with Crippen LogP contribution in [0.2, 0.25) is 0 Å². The molecule has 0 saturated carbocycles. The molecular formula is C8H9BrO3S2. The third-order valence-corrected chi connectivity index (χ3v) is 5.09. The van der Waals surface area contributed by atoms with Crippen LogP contribution in [0.5, 0.6) is 0 Å². The highest BCUT2D eigenvalue weighted by molar-refractivity contribution is 9.10. The minimum absolute atomic E-state index is 0.361. The molecule has 0 radical (unpaired) electrons. The van der Waals surface area contributed by atoms with E-state index in [1.165, 1.54) is 18.3 Å². The van der Waals surface area contributed by atoms with Crippen LogP contribution in [-0.4, -0.2) is 25.7 Å². The SMILES string of the molecule is CC(C(=O)c1cscc1Br)S(C)(=O)=O. The summed E-state index contributed by atoms with van der Waals surface area (Å²) in [5.74, 6) is -0.361. The van der Waals surface area contributed by atoms with Gasteiger partial charge in [0, 0.05) is 27.1 Å². The summed E-state index contributed by atoms with van der Waals surface area (Å²) in [6.45, 7) is 1.40. The Hall–Kier alpha value is -0.200. The van der Waals surface area contributed by atoms with Crippen LogP contribution in [-0.2, 0) is 9.84 Å². The van der Waals surface area contributed by atoms with Crippen molar-refractivity contribution in [2.75, 3.05) is 6.26 Å². The van der Waals surface area contributed by atoms with E-state index >= 15 is 0 Å². The fraction of sp³-hybridized carbons (Fsp3) is 0.375. The maximum absolute atomic E-state index is 11.7. The number of sulfone groups is 1. The van der Waals surface area contributed by atoms with E-state index in [0.29, 0.717) is 10.0 Å². The summed E-state index contributed by atoms with van der Waals surface area (Å²) in [4.78, 5) is 11.7. The normalized spacial score (nSPS) is 13.9. The summed E-state index contributed by atoms with van der Waals surface area (Å²) in [7, 11) is -3.31. The number of ketones is 1. The largest absolute Gasteiger partial charge is 0.293 e. The van der Waals surface area contributed by atoms with Gasteiger partial charge in [0.2, 0.25) is 0 Å². The summed E-state index contributed by atoms with van der Waals surface area (Å²) in [5.41, 5.74) is 0.438.